The molecule has 0 aromatic carbocycles. The van der Waals surface area contributed by atoms with Crippen molar-refractivity contribution < 1.29 is 9.53 Å². The molecule has 1 aliphatic heterocycles. The third-order valence-corrected chi connectivity index (χ3v) is 3.74. The van der Waals surface area contributed by atoms with Crippen LogP contribution in [-0.4, -0.2) is 53.0 Å². The number of rotatable bonds is 1. The summed E-state index contributed by atoms with van der Waals surface area (Å²) in [6, 6.07) is 0. The maximum absolute atomic E-state index is 12.0. The highest BCUT2D eigenvalue weighted by atomic mass is 35.5. The fraction of sp³-hybridized carbons (Fsp3) is 0.615. The zero-order valence-corrected chi connectivity index (χ0v) is 13.8. The summed E-state index contributed by atoms with van der Waals surface area (Å²) in [5, 5.41) is 8.07. The Hall–Kier alpha value is -1.27. The van der Waals surface area contributed by atoms with E-state index >= 15 is 0 Å². The lowest BCUT2D eigenvalue weighted by molar-refractivity contribution is 0.0240. The van der Waals surface area contributed by atoms with Crippen molar-refractivity contribution in [3.63, 3.8) is 0 Å². The van der Waals surface area contributed by atoms with Gasteiger partial charge < -0.3 is 14.5 Å². The van der Waals surface area contributed by atoms with Crippen LogP contribution in [0.15, 0.2) is 6.20 Å². The molecule has 1 aliphatic rings. The molecule has 8 heteroatoms. The number of hydrogen-bond donors (Lipinski definition) is 0. The second kappa shape index (κ2) is 6.23. The Balaban J connectivity index is 1.97. The van der Waals surface area contributed by atoms with Crippen LogP contribution in [0.5, 0.6) is 0 Å². The molecule has 0 unspecified atom stereocenters. The van der Waals surface area contributed by atoms with Gasteiger partial charge in [0.1, 0.15) is 10.6 Å². The van der Waals surface area contributed by atoms with E-state index in [2.05, 4.69) is 10.2 Å². The minimum Gasteiger partial charge on any atom is -0.444 e. The van der Waals surface area contributed by atoms with Crippen LogP contribution < -0.4 is 4.90 Å². The van der Waals surface area contributed by atoms with Crippen LogP contribution >= 0.6 is 23.2 Å². The van der Waals surface area contributed by atoms with E-state index in [4.69, 9.17) is 27.9 Å². The third kappa shape index (κ3) is 4.11. The van der Waals surface area contributed by atoms with E-state index in [1.807, 2.05) is 25.7 Å². The molecular weight excluding hydrogens is 315 g/mol. The molecule has 21 heavy (non-hydrogen) atoms. The van der Waals surface area contributed by atoms with Gasteiger partial charge >= 0.3 is 6.09 Å². The number of nitrogens with zero attached hydrogens (tertiary/aromatic N) is 4. The first-order chi connectivity index (χ1) is 9.78. The van der Waals surface area contributed by atoms with Crippen molar-refractivity contribution in [3.8, 4) is 0 Å². The number of amides is 1. The summed E-state index contributed by atoms with van der Waals surface area (Å²) in [6.07, 6.45) is 1.29. The second-order valence-corrected chi connectivity index (χ2v) is 6.53. The highest BCUT2D eigenvalue weighted by Crippen LogP contribution is 2.30. The van der Waals surface area contributed by atoms with E-state index in [9.17, 15) is 4.79 Å². The number of carbonyl (C=O) groups is 1. The molecule has 0 radical (unpaired) electrons. The van der Waals surface area contributed by atoms with E-state index in [1.165, 1.54) is 0 Å². The van der Waals surface area contributed by atoms with Crippen LogP contribution in [0.1, 0.15) is 20.8 Å². The number of ether oxygens (including phenoxy) is 1. The van der Waals surface area contributed by atoms with Crippen molar-refractivity contribution in [1.82, 2.24) is 15.1 Å². The largest absolute Gasteiger partial charge is 0.444 e. The number of halogens is 2. The fourth-order valence-corrected chi connectivity index (χ4v) is 2.36. The van der Waals surface area contributed by atoms with E-state index in [0.717, 1.165) is 5.69 Å². The summed E-state index contributed by atoms with van der Waals surface area (Å²) in [6.45, 7) is 7.96. The highest BCUT2D eigenvalue weighted by Gasteiger charge is 2.27. The van der Waals surface area contributed by atoms with Gasteiger partial charge in [0.25, 0.3) is 0 Å². The van der Waals surface area contributed by atoms with Gasteiger partial charge in [-0.1, -0.05) is 23.2 Å². The smallest absolute Gasteiger partial charge is 0.410 e. The van der Waals surface area contributed by atoms with E-state index < -0.39 is 5.60 Å². The summed E-state index contributed by atoms with van der Waals surface area (Å²) in [5.41, 5.74) is 0.251. The van der Waals surface area contributed by atoms with Gasteiger partial charge in [-0.3, -0.25) is 0 Å². The zero-order chi connectivity index (χ0) is 15.6. The normalized spacial score (nSPS) is 16.0. The van der Waals surface area contributed by atoms with Gasteiger partial charge in [0.15, 0.2) is 5.15 Å². The Morgan fingerprint density at radius 1 is 1.24 bits per heavy atom. The van der Waals surface area contributed by atoms with Crippen LogP contribution in [0.25, 0.3) is 0 Å². The molecule has 0 N–H and O–H groups in total. The summed E-state index contributed by atoms with van der Waals surface area (Å²) >= 11 is 12.0. The lowest BCUT2D eigenvalue weighted by Gasteiger charge is -2.36. The highest BCUT2D eigenvalue weighted by molar-refractivity contribution is 6.42. The molecule has 0 atom stereocenters. The molecule has 0 saturated carbocycles. The molecule has 2 heterocycles. The number of aromatic nitrogens is 2. The first-order valence-electron chi connectivity index (χ1n) is 6.67. The fourth-order valence-electron chi connectivity index (χ4n) is 2.02. The van der Waals surface area contributed by atoms with Gasteiger partial charge in [0, 0.05) is 26.2 Å². The standard InChI is InChI=1S/C13H18Cl2N4O2/c1-13(2,3)21-12(20)19-6-4-18(5-7-19)9-8-16-17-11(15)10(9)14/h8H,4-7H2,1-3H3. The SMILES string of the molecule is CC(C)(C)OC(=O)N1CCN(c2cnnc(Cl)c2Cl)CC1. The van der Waals surface area contributed by atoms with Crippen molar-refractivity contribution in [2.24, 2.45) is 0 Å². The average Bonchev–Trinajstić information content (AvgIpc) is 2.40. The summed E-state index contributed by atoms with van der Waals surface area (Å²) in [4.78, 5) is 15.7. The zero-order valence-electron chi connectivity index (χ0n) is 12.3. The summed E-state index contributed by atoms with van der Waals surface area (Å²) in [5.74, 6) is 0. The molecule has 0 aliphatic carbocycles. The molecule has 1 fully saturated rings. The number of hydrogen-bond acceptors (Lipinski definition) is 5. The minimum absolute atomic E-state index is 0.184. The first kappa shape index (κ1) is 16.1. The molecule has 1 amide bonds. The molecule has 0 bridgehead atoms. The molecule has 1 saturated heterocycles. The van der Waals surface area contributed by atoms with Crippen molar-refractivity contribution in [1.29, 1.82) is 0 Å². The Morgan fingerprint density at radius 3 is 2.43 bits per heavy atom. The average molecular weight is 333 g/mol. The van der Waals surface area contributed by atoms with Crippen LogP contribution in [0.4, 0.5) is 10.5 Å². The molecular formula is C13H18Cl2N4O2. The minimum atomic E-state index is -0.486. The second-order valence-electron chi connectivity index (χ2n) is 5.79. The monoisotopic (exact) mass is 332 g/mol. The lowest BCUT2D eigenvalue weighted by atomic mass is 10.2. The van der Waals surface area contributed by atoms with Crippen LogP contribution in [0.3, 0.4) is 0 Å². The Morgan fingerprint density at radius 2 is 1.86 bits per heavy atom. The Labute approximate surface area is 134 Å². The molecule has 0 spiro atoms. The summed E-state index contributed by atoms with van der Waals surface area (Å²) < 4.78 is 5.36. The predicted molar refractivity (Wildman–Crippen MR) is 82.1 cm³/mol. The maximum atomic E-state index is 12.0. The van der Waals surface area contributed by atoms with Crippen LogP contribution in [0, 0.1) is 0 Å². The van der Waals surface area contributed by atoms with Crippen molar-refractivity contribution in [3.05, 3.63) is 16.4 Å². The van der Waals surface area contributed by atoms with Crippen molar-refractivity contribution in [2.45, 2.75) is 26.4 Å². The van der Waals surface area contributed by atoms with Crippen molar-refractivity contribution >= 4 is 35.0 Å². The van der Waals surface area contributed by atoms with Gasteiger partial charge in [-0.2, -0.15) is 5.10 Å². The maximum Gasteiger partial charge on any atom is 0.410 e. The first-order valence-corrected chi connectivity index (χ1v) is 7.43. The molecule has 116 valence electrons. The predicted octanol–water partition coefficient (Wildman–Crippen LogP) is 2.84. The van der Waals surface area contributed by atoms with E-state index in [-0.39, 0.29) is 11.2 Å². The lowest BCUT2D eigenvalue weighted by Crippen LogP contribution is -2.50. The summed E-state index contributed by atoms with van der Waals surface area (Å²) in [7, 11) is 0. The molecule has 1 aromatic rings. The molecule has 6 nitrogen and oxygen atoms in total. The van der Waals surface area contributed by atoms with Crippen LogP contribution in [0.2, 0.25) is 10.2 Å². The van der Waals surface area contributed by atoms with E-state index in [0.29, 0.717) is 31.2 Å². The van der Waals surface area contributed by atoms with Gasteiger partial charge in [0.05, 0.1) is 11.9 Å². The Bertz CT molecular complexity index is 525. The van der Waals surface area contributed by atoms with Crippen LogP contribution in [-0.2, 0) is 4.74 Å². The molecule has 1 aromatic heterocycles. The van der Waals surface area contributed by atoms with Crippen molar-refractivity contribution in [2.75, 3.05) is 31.1 Å². The van der Waals surface area contributed by atoms with Gasteiger partial charge in [-0.05, 0) is 20.8 Å². The third-order valence-electron chi connectivity index (χ3n) is 3.00. The van der Waals surface area contributed by atoms with E-state index in [1.54, 1.807) is 11.1 Å². The number of piperazine rings is 1. The van der Waals surface area contributed by atoms with Gasteiger partial charge in [0.2, 0.25) is 0 Å². The molecule has 2 rings (SSSR count). The number of anilines is 1. The quantitative estimate of drug-likeness (QED) is 0.791. The Kier molecular flexibility index (Phi) is 4.78. The van der Waals surface area contributed by atoms with Gasteiger partial charge in [-0.15, -0.1) is 5.10 Å². The van der Waals surface area contributed by atoms with Gasteiger partial charge in [-0.25, -0.2) is 4.79 Å². The topological polar surface area (TPSA) is 58.6 Å². The number of carbonyl (C=O) groups excluding carboxylic acids is 1.